The molecule has 1 fully saturated rings. The van der Waals surface area contributed by atoms with Crippen molar-refractivity contribution in [2.75, 3.05) is 0 Å². The summed E-state index contributed by atoms with van der Waals surface area (Å²) in [7, 11) is 0. The minimum atomic E-state index is 0.414. The van der Waals surface area contributed by atoms with Crippen LogP contribution in [0.3, 0.4) is 0 Å². The van der Waals surface area contributed by atoms with Crippen LogP contribution in [0.15, 0.2) is 12.4 Å². The minimum absolute atomic E-state index is 0.414. The van der Waals surface area contributed by atoms with Crippen LogP contribution in [-0.2, 0) is 6.54 Å². The van der Waals surface area contributed by atoms with Gasteiger partial charge in [-0.3, -0.25) is 9.97 Å². The van der Waals surface area contributed by atoms with E-state index in [1.165, 1.54) is 12.8 Å². The van der Waals surface area contributed by atoms with Gasteiger partial charge in [-0.25, -0.2) is 0 Å². The Bertz CT molecular complexity index is 314. The van der Waals surface area contributed by atoms with Gasteiger partial charge in [-0.1, -0.05) is 0 Å². The van der Waals surface area contributed by atoms with Gasteiger partial charge in [0, 0.05) is 31.0 Å². The van der Waals surface area contributed by atoms with E-state index in [9.17, 15) is 0 Å². The molecule has 3 N–H and O–H groups in total. The molecule has 0 amide bonds. The molecule has 1 aliphatic carbocycles. The summed E-state index contributed by atoms with van der Waals surface area (Å²) in [5.41, 5.74) is 7.85. The first-order valence-corrected chi connectivity index (χ1v) is 6.00. The zero-order valence-electron chi connectivity index (χ0n) is 9.82. The van der Waals surface area contributed by atoms with Gasteiger partial charge in [0.15, 0.2) is 0 Å². The van der Waals surface area contributed by atoms with Crippen molar-refractivity contribution in [2.24, 2.45) is 5.73 Å². The van der Waals surface area contributed by atoms with E-state index < -0.39 is 0 Å². The van der Waals surface area contributed by atoms with Crippen molar-refractivity contribution in [2.45, 2.75) is 51.2 Å². The predicted octanol–water partition coefficient (Wildman–Crippen LogP) is 1.14. The van der Waals surface area contributed by atoms with Gasteiger partial charge in [-0.2, -0.15) is 0 Å². The number of hydrogen-bond donors (Lipinski definition) is 2. The molecule has 0 unspecified atom stereocenters. The molecule has 88 valence electrons. The molecular formula is C12H20N4. The number of nitrogens with zero attached hydrogens (tertiary/aromatic N) is 2. The molecule has 0 aromatic carbocycles. The second-order valence-corrected chi connectivity index (χ2v) is 4.64. The van der Waals surface area contributed by atoms with Crippen LogP contribution in [0.25, 0.3) is 0 Å². The Morgan fingerprint density at radius 1 is 1.25 bits per heavy atom. The lowest BCUT2D eigenvalue weighted by molar-refractivity contribution is 0.340. The Labute approximate surface area is 96.7 Å². The molecule has 4 nitrogen and oxygen atoms in total. The average molecular weight is 220 g/mol. The molecule has 0 spiro atoms. The third-order valence-corrected chi connectivity index (χ3v) is 3.18. The van der Waals surface area contributed by atoms with E-state index in [1.54, 1.807) is 0 Å². The Morgan fingerprint density at radius 2 is 2.00 bits per heavy atom. The van der Waals surface area contributed by atoms with Gasteiger partial charge in [-0.05, 0) is 32.6 Å². The highest BCUT2D eigenvalue weighted by Crippen LogP contribution is 2.17. The Hall–Kier alpha value is -1.00. The second-order valence-electron chi connectivity index (χ2n) is 4.64. The lowest BCUT2D eigenvalue weighted by Crippen LogP contribution is -2.37. The molecule has 0 saturated heterocycles. The monoisotopic (exact) mass is 220 g/mol. The van der Waals surface area contributed by atoms with Gasteiger partial charge in [0.2, 0.25) is 0 Å². The van der Waals surface area contributed by atoms with Gasteiger partial charge in [0.25, 0.3) is 0 Å². The molecule has 1 aromatic rings. The quantitative estimate of drug-likeness (QED) is 0.802. The van der Waals surface area contributed by atoms with Crippen LogP contribution in [0, 0.1) is 6.92 Å². The minimum Gasteiger partial charge on any atom is -0.328 e. The number of hydrogen-bond acceptors (Lipinski definition) is 4. The van der Waals surface area contributed by atoms with E-state index in [2.05, 4.69) is 15.3 Å². The molecule has 2 rings (SSSR count). The maximum atomic E-state index is 5.87. The van der Waals surface area contributed by atoms with Crippen LogP contribution < -0.4 is 11.1 Å². The fourth-order valence-electron chi connectivity index (χ4n) is 2.08. The zero-order valence-corrected chi connectivity index (χ0v) is 9.82. The highest BCUT2D eigenvalue weighted by atomic mass is 14.9. The molecule has 0 atom stereocenters. The van der Waals surface area contributed by atoms with Crippen molar-refractivity contribution < 1.29 is 0 Å². The van der Waals surface area contributed by atoms with E-state index in [0.29, 0.717) is 12.1 Å². The van der Waals surface area contributed by atoms with Gasteiger partial charge in [0.1, 0.15) is 0 Å². The lowest BCUT2D eigenvalue weighted by atomic mass is 9.92. The van der Waals surface area contributed by atoms with E-state index >= 15 is 0 Å². The standard InChI is InChI=1S/C12H20N4/c1-9-6-15-12(7-14-9)8-16-11-4-2-10(13)3-5-11/h6-7,10-11,16H,2-5,8,13H2,1H3. The molecule has 1 heterocycles. The number of nitrogens with one attached hydrogen (secondary N) is 1. The van der Waals surface area contributed by atoms with Crippen LogP contribution in [0.5, 0.6) is 0 Å². The summed E-state index contributed by atoms with van der Waals surface area (Å²) in [6, 6.07) is 1.01. The second kappa shape index (κ2) is 5.37. The zero-order chi connectivity index (χ0) is 11.4. The van der Waals surface area contributed by atoms with Gasteiger partial charge < -0.3 is 11.1 Å². The van der Waals surface area contributed by atoms with E-state index in [4.69, 9.17) is 5.73 Å². The molecule has 1 aromatic heterocycles. The van der Waals surface area contributed by atoms with Crippen molar-refractivity contribution >= 4 is 0 Å². The first-order valence-electron chi connectivity index (χ1n) is 6.00. The normalized spacial score (nSPS) is 25.6. The van der Waals surface area contributed by atoms with Crippen molar-refractivity contribution in [3.63, 3.8) is 0 Å². The topological polar surface area (TPSA) is 63.8 Å². The fraction of sp³-hybridized carbons (Fsp3) is 0.667. The van der Waals surface area contributed by atoms with Crippen molar-refractivity contribution in [1.82, 2.24) is 15.3 Å². The van der Waals surface area contributed by atoms with E-state index in [-0.39, 0.29) is 0 Å². The number of rotatable bonds is 3. The van der Waals surface area contributed by atoms with Crippen molar-refractivity contribution in [1.29, 1.82) is 0 Å². The van der Waals surface area contributed by atoms with Crippen LogP contribution in [0.4, 0.5) is 0 Å². The molecule has 0 aliphatic heterocycles. The van der Waals surface area contributed by atoms with E-state index in [1.807, 2.05) is 19.3 Å². The summed E-state index contributed by atoms with van der Waals surface area (Å²) in [5, 5.41) is 3.52. The predicted molar refractivity (Wildman–Crippen MR) is 63.8 cm³/mol. The highest BCUT2D eigenvalue weighted by Gasteiger charge is 2.17. The molecule has 1 aliphatic rings. The van der Waals surface area contributed by atoms with Crippen LogP contribution >= 0.6 is 0 Å². The smallest absolute Gasteiger partial charge is 0.0724 e. The molecule has 4 heteroatoms. The molecule has 0 radical (unpaired) electrons. The Morgan fingerprint density at radius 3 is 2.62 bits per heavy atom. The number of aromatic nitrogens is 2. The average Bonchev–Trinajstić information content (AvgIpc) is 2.30. The highest BCUT2D eigenvalue weighted by molar-refractivity contribution is 5.00. The summed E-state index contributed by atoms with van der Waals surface area (Å²) in [6.45, 7) is 2.76. The van der Waals surface area contributed by atoms with Crippen LogP contribution in [0.2, 0.25) is 0 Å². The van der Waals surface area contributed by atoms with Crippen molar-refractivity contribution in [3.05, 3.63) is 23.8 Å². The van der Waals surface area contributed by atoms with Crippen molar-refractivity contribution in [3.8, 4) is 0 Å². The first-order chi connectivity index (χ1) is 7.74. The summed E-state index contributed by atoms with van der Waals surface area (Å²) in [6.07, 6.45) is 8.29. The summed E-state index contributed by atoms with van der Waals surface area (Å²) in [4.78, 5) is 8.56. The molecule has 0 bridgehead atoms. The summed E-state index contributed by atoms with van der Waals surface area (Å²) in [5.74, 6) is 0. The molecule has 1 saturated carbocycles. The van der Waals surface area contributed by atoms with Gasteiger partial charge in [-0.15, -0.1) is 0 Å². The SMILES string of the molecule is Cc1cnc(CNC2CCC(N)CC2)cn1. The van der Waals surface area contributed by atoms with Crippen LogP contribution in [0.1, 0.15) is 37.1 Å². The lowest BCUT2D eigenvalue weighted by Gasteiger charge is -2.26. The maximum Gasteiger partial charge on any atom is 0.0724 e. The largest absolute Gasteiger partial charge is 0.328 e. The first kappa shape index (κ1) is 11.5. The molecular weight excluding hydrogens is 200 g/mol. The van der Waals surface area contributed by atoms with Gasteiger partial charge in [0.05, 0.1) is 11.4 Å². The third-order valence-electron chi connectivity index (χ3n) is 3.18. The Kier molecular flexibility index (Phi) is 3.85. The fourth-order valence-corrected chi connectivity index (χ4v) is 2.08. The molecule has 16 heavy (non-hydrogen) atoms. The maximum absolute atomic E-state index is 5.87. The number of nitrogens with two attached hydrogens (primary N) is 1. The third kappa shape index (κ3) is 3.25. The Balaban J connectivity index is 1.77. The van der Waals surface area contributed by atoms with Gasteiger partial charge >= 0.3 is 0 Å². The van der Waals surface area contributed by atoms with Crippen LogP contribution in [-0.4, -0.2) is 22.1 Å². The summed E-state index contributed by atoms with van der Waals surface area (Å²) < 4.78 is 0. The number of aryl methyl sites for hydroxylation is 1. The van der Waals surface area contributed by atoms with E-state index in [0.717, 1.165) is 30.8 Å². The summed E-state index contributed by atoms with van der Waals surface area (Å²) >= 11 is 0.